The van der Waals surface area contributed by atoms with Crippen molar-refractivity contribution in [3.8, 4) is 0 Å². The quantitative estimate of drug-likeness (QED) is 0.0536. The Balaban J connectivity index is 1.67. The first-order chi connectivity index (χ1) is 26.8. The number of hydrogen-bond donors (Lipinski definition) is 1. The van der Waals surface area contributed by atoms with Gasteiger partial charge < -0.3 is 62.2 Å². The molecule has 0 aliphatic heterocycles. The van der Waals surface area contributed by atoms with Crippen molar-refractivity contribution in [2.24, 2.45) is 0 Å². The van der Waals surface area contributed by atoms with Crippen LogP contribution in [0, 0.1) is 0 Å². The molecule has 0 saturated carbocycles. The van der Waals surface area contributed by atoms with Gasteiger partial charge in [0.2, 0.25) is 0 Å². The Labute approximate surface area is 329 Å². The fourth-order valence-electron chi connectivity index (χ4n) is 4.36. The van der Waals surface area contributed by atoms with Gasteiger partial charge in [-0.25, -0.2) is 4.79 Å². The first-order valence-electron chi connectivity index (χ1n) is 19.7. The molecule has 0 amide bonds. The van der Waals surface area contributed by atoms with Crippen molar-refractivity contribution in [2.75, 3.05) is 170 Å². The van der Waals surface area contributed by atoms with Crippen LogP contribution in [-0.4, -0.2) is 170 Å². The zero-order valence-corrected chi connectivity index (χ0v) is 33.7. The standard InChI is InChI=1S/C39H70ClNO13/c1-2-3-13-41-38-10-8-37(9-11-38)39(42)54-36-35-53-34-33-52-32-31-51-30-29-50-28-27-49-26-25-48-24-23-47-22-21-46-20-19-45-18-17-44-16-15-43-14-7-5-4-6-12-40/h8-11,41H,2-7,12-36H2,1H3. The van der Waals surface area contributed by atoms with Crippen LogP contribution in [0.2, 0.25) is 0 Å². The van der Waals surface area contributed by atoms with E-state index in [4.69, 9.17) is 68.4 Å². The van der Waals surface area contributed by atoms with Gasteiger partial charge in [-0.05, 0) is 43.5 Å². The van der Waals surface area contributed by atoms with Crippen molar-refractivity contribution < 1.29 is 61.6 Å². The molecule has 0 aliphatic carbocycles. The highest BCUT2D eigenvalue weighted by molar-refractivity contribution is 6.17. The fourth-order valence-corrected chi connectivity index (χ4v) is 4.55. The number of alkyl halides is 1. The molecule has 54 heavy (non-hydrogen) atoms. The van der Waals surface area contributed by atoms with Gasteiger partial charge in [0.05, 0.1) is 144 Å². The number of nitrogens with one attached hydrogen (secondary N) is 1. The van der Waals surface area contributed by atoms with Gasteiger partial charge in [-0.1, -0.05) is 26.2 Å². The summed E-state index contributed by atoms with van der Waals surface area (Å²) in [6.07, 6.45) is 6.72. The van der Waals surface area contributed by atoms with Crippen LogP contribution < -0.4 is 5.32 Å². The molecule has 15 heteroatoms. The number of unbranched alkanes of at least 4 members (excludes halogenated alkanes) is 4. The number of benzene rings is 1. The Hall–Kier alpha value is -1.66. The lowest BCUT2D eigenvalue weighted by Crippen LogP contribution is -2.15. The molecule has 0 atom stereocenters. The zero-order valence-electron chi connectivity index (χ0n) is 32.9. The summed E-state index contributed by atoms with van der Waals surface area (Å²) in [5.41, 5.74) is 1.51. The Morgan fingerprint density at radius 1 is 0.444 bits per heavy atom. The summed E-state index contributed by atoms with van der Waals surface area (Å²) in [6.45, 7) is 14.4. The van der Waals surface area contributed by atoms with Crippen LogP contribution in [0.4, 0.5) is 5.69 Å². The maximum Gasteiger partial charge on any atom is 0.338 e. The first-order valence-corrected chi connectivity index (χ1v) is 20.2. The Kier molecular flexibility index (Phi) is 39.6. The summed E-state index contributed by atoms with van der Waals surface area (Å²) >= 11 is 5.66. The molecule has 0 aliphatic rings. The number of ether oxygens (including phenoxy) is 12. The molecule has 0 saturated heterocycles. The minimum atomic E-state index is -0.361. The van der Waals surface area contributed by atoms with Crippen molar-refractivity contribution in [3.05, 3.63) is 29.8 Å². The minimum absolute atomic E-state index is 0.189. The Bertz CT molecular complexity index is 904. The molecule has 0 spiro atoms. The van der Waals surface area contributed by atoms with Gasteiger partial charge in [-0.2, -0.15) is 0 Å². The summed E-state index contributed by atoms with van der Waals surface area (Å²) in [4.78, 5) is 12.1. The average molecular weight is 796 g/mol. The second kappa shape index (κ2) is 42.5. The topological polar surface area (TPSA) is 140 Å². The van der Waals surface area contributed by atoms with Crippen LogP contribution >= 0.6 is 11.6 Å². The summed E-state index contributed by atoms with van der Waals surface area (Å²) in [5, 5.41) is 3.32. The normalized spacial score (nSPS) is 11.4. The van der Waals surface area contributed by atoms with Crippen LogP contribution in [-0.2, 0) is 56.8 Å². The second-order valence-corrected chi connectivity index (χ2v) is 12.2. The van der Waals surface area contributed by atoms with Crippen LogP contribution in [0.25, 0.3) is 0 Å². The summed E-state index contributed by atoms with van der Waals surface area (Å²) in [6, 6.07) is 7.29. The lowest BCUT2D eigenvalue weighted by molar-refractivity contribution is -0.0280. The lowest BCUT2D eigenvalue weighted by atomic mass is 10.2. The molecule has 0 bridgehead atoms. The molecule has 0 unspecified atom stereocenters. The number of carbonyl (C=O) groups is 1. The van der Waals surface area contributed by atoms with Gasteiger partial charge in [0.15, 0.2) is 0 Å². The minimum Gasteiger partial charge on any atom is -0.460 e. The van der Waals surface area contributed by atoms with Crippen molar-refractivity contribution >= 4 is 23.3 Å². The van der Waals surface area contributed by atoms with Gasteiger partial charge in [0.25, 0.3) is 0 Å². The predicted octanol–water partition coefficient (Wildman–Crippen LogP) is 5.04. The van der Waals surface area contributed by atoms with Crippen molar-refractivity contribution in [2.45, 2.75) is 45.4 Å². The highest BCUT2D eigenvalue weighted by Crippen LogP contribution is 2.11. The van der Waals surface area contributed by atoms with Crippen molar-refractivity contribution in [1.82, 2.24) is 0 Å². The number of halogens is 1. The number of esters is 1. The first kappa shape index (κ1) is 50.4. The molecular weight excluding hydrogens is 726 g/mol. The van der Waals surface area contributed by atoms with Crippen molar-refractivity contribution in [1.29, 1.82) is 0 Å². The molecule has 1 rings (SSSR count). The van der Waals surface area contributed by atoms with Crippen LogP contribution in [0.3, 0.4) is 0 Å². The van der Waals surface area contributed by atoms with E-state index in [9.17, 15) is 4.79 Å². The van der Waals surface area contributed by atoms with E-state index >= 15 is 0 Å². The maximum atomic E-state index is 12.1. The Morgan fingerprint density at radius 2 is 0.778 bits per heavy atom. The van der Waals surface area contributed by atoms with E-state index in [1.165, 1.54) is 6.42 Å². The molecular formula is C39H70ClNO13. The zero-order chi connectivity index (χ0) is 38.7. The Morgan fingerprint density at radius 3 is 1.13 bits per heavy atom. The SMILES string of the molecule is CCCCNc1ccc(C(=O)OCCOCCOCCOCCOCCOCCOCCOCCOCCOCCOCCOCCCCCCCl)cc1. The molecule has 316 valence electrons. The van der Waals surface area contributed by atoms with E-state index < -0.39 is 0 Å². The van der Waals surface area contributed by atoms with Gasteiger partial charge in [-0.15, -0.1) is 11.6 Å². The molecule has 14 nitrogen and oxygen atoms in total. The highest BCUT2D eigenvalue weighted by atomic mass is 35.5. The van der Waals surface area contributed by atoms with Gasteiger partial charge in [0, 0.05) is 24.7 Å². The lowest BCUT2D eigenvalue weighted by Gasteiger charge is -2.09. The van der Waals surface area contributed by atoms with E-state index in [2.05, 4.69) is 12.2 Å². The summed E-state index contributed by atoms with van der Waals surface area (Å²) in [5.74, 6) is 0.378. The third-order valence-corrected chi connectivity index (χ3v) is 7.60. The number of anilines is 1. The number of carbonyl (C=O) groups excluding carboxylic acids is 1. The van der Waals surface area contributed by atoms with Gasteiger partial charge in [-0.3, -0.25) is 0 Å². The van der Waals surface area contributed by atoms with Crippen LogP contribution in [0.15, 0.2) is 24.3 Å². The molecule has 0 heterocycles. The smallest absolute Gasteiger partial charge is 0.338 e. The average Bonchev–Trinajstić information content (AvgIpc) is 3.19. The summed E-state index contributed by atoms with van der Waals surface area (Å²) < 4.78 is 65.7. The van der Waals surface area contributed by atoms with E-state index in [1.807, 2.05) is 12.1 Å². The number of rotatable bonds is 44. The van der Waals surface area contributed by atoms with E-state index in [0.29, 0.717) is 144 Å². The highest BCUT2D eigenvalue weighted by Gasteiger charge is 2.07. The van der Waals surface area contributed by atoms with Crippen LogP contribution in [0.1, 0.15) is 55.8 Å². The number of hydrogen-bond acceptors (Lipinski definition) is 14. The van der Waals surface area contributed by atoms with Gasteiger partial charge in [0.1, 0.15) is 6.61 Å². The molecule has 0 aromatic heterocycles. The molecule has 0 fully saturated rings. The van der Waals surface area contributed by atoms with E-state index in [-0.39, 0.29) is 12.6 Å². The monoisotopic (exact) mass is 795 g/mol. The third kappa shape index (κ3) is 36.0. The van der Waals surface area contributed by atoms with E-state index in [1.54, 1.807) is 12.1 Å². The molecule has 1 aromatic carbocycles. The van der Waals surface area contributed by atoms with Crippen molar-refractivity contribution in [3.63, 3.8) is 0 Å². The third-order valence-electron chi connectivity index (χ3n) is 7.33. The second-order valence-electron chi connectivity index (χ2n) is 11.8. The molecule has 1 N–H and O–H groups in total. The predicted molar refractivity (Wildman–Crippen MR) is 208 cm³/mol. The maximum absolute atomic E-state index is 12.1. The molecule has 1 aromatic rings. The summed E-state index contributed by atoms with van der Waals surface area (Å²) in [7, 11) is 0. The molecule has 0 radical (unpaired) electrons. The van der Waals surface area contributed by atoms with Gasteiger partial charge >= 0.3 is 5.97 Å². The fraction of sp³-hybridized carbons (Fsp3) is 0.821. The van der Waals surface area contributed by atoms with Crippen LogP contribution in [0.5, 0.6) is 0 Å². The van der Waals surface area contributed by atoms with E-state index in [0.717, 1.165) is 56.8 Å². The largest absolute Gasteiger partial charge is 0.460 e.